The number of guanidine groups is 1. The molecule has 0 bridgehead atoms. The van der Waals surface area contributed by atoms with Crippen LogP contribution in [0.15, 0.2) is 0 Å². The third-order valence-electron chi connectivity index (χ3n) is 1.73. The van der Waals surface area contributed by atoms with E-state index >= 15 is 0 Å². The zero-order valence-corrected chi connectivity index (χ0v) is 7.89. The van der Waals surface area contributed by atoms with Crippen LogP contribution in [0.2, 0.25) is 0 Å². The van der Waals surface area contributed by atoms with E-state index in [0.717, 1.165) is 19.3 Å². The van der Waals surface area contributed by atoms with E-state index in [-0.39, 0.29) is 12.0 Å². The third-order valence-corrected chi connectivity index (χ3v) is 1.73. The van der Waals surface area contributed by atoms with Gasteiger partial charge >= 0.3 is 0 Å². The van der Waals surface area contributed by atoms with Crippen LogP contribution in [0.5, 0.6) is 0 Å². The fourth-order valence-corrected chi connectivity index (χ4v) is 0.959. The molecular formula is C8H17N4O. The first-order valence-electron chi connectivity index (χ1n) is 4.33. The molecule has 1 atom stereocenters. The van der Waals surface area contributed by atoms with Gasteiger partial charge in [-0.25, -0.2) is 0 Å². The average molecular weight is 185 g/mol. The first-order chi connectivity index (χ1) is 6.20. The summed E-state index contributed by atoms with van der Waals surface area (Å²) < 4.78 is 0. The molecule has 0 amide bonds. The van der Waals surface area contributed by atoms with Gasteiger partial charge in [-0.1, -0.05) is 0 Å². The van der Waals surface area contributed by atoms with Crippen LogP contribution < -0.4 is 16.4 Å². The smallest absolute Gasteiger partial charge is 0.216 e. The van der Waals surface area contributed by atoms with E-state index in [0.29, 0.717) is 6.54 Å². The van der Waals surface area contributed by atoms with Crippen molar-refractivity contribution in [3.8, 4) is 0 Å². The minimum atomic E-state index is -0.169. The summed E-state index contributed by atoms with van der Waals surface area (Å²) in [5.74, 6) is -0.00730. The Kier molecular flexibility index (Phi) is 6.91. The highest BCUT2D eigenvalue weighted by Gasteiger charge is 2.03. The van der Waals surface area contributed by atoms with Crippen LogP contribution in [0, 0.1) is 5.41 Å². The van der Waals surface area contributed by atoms with Gasteiger partial charge in [-0.2, -0.15) is 0 Å². The summed E-state index contributed by atoms with van der Waals surface area (Å²) in [7, 11) is 1.74. The summed E-state index contributed by atoms with van der Waals surface area (Å²) in [6, 6.07) is -0.169. The fraction of sp³-hybridized carbons (Fsp3) is 0.750. The first kappa shape index (κ1) is 11.9. The highest BCUT2D eigenvalue weighted by Crippen LogP contribution is 1.97. The molecule has 75 valence electrons. The van der Waals surface area contributed by atoms with Crippen LogP contribution in [-0.2, 0) is 4.79 Å². The van der Waals surface area contributed by atoms with E-state index in [4.69, 9.17) is 11.1 Å². The molecule has 13 heavy (non-hydrogen) atoms. The molecule has 0 unspecified atom stereocenters. The molecule has 0 saturated heterocycles. The molecular weight excluding hydrogens is 168 g/mol. The zero-order chi connectivity index (χ0) is 10.1. The molecule has 5 nitrogen and oxygen atoms in total. The highest BCUT2D eigenvalue weighted by atomic mass is 16.1. The Morgan fingerprint density at radius 1 is 1.62 bits per heavy atom. The number of hydrogen-bond donors (Lipinski definition) is 4. The van der Waals surface area contributed by atoms with Crippen molar-refractivity contribution in [1.82, 2.24) is 10.6 Å². The summed E-state index contributed by atoms with van der Waals surface area (Å²) in [6.45, 7) is 0.685. The van der Waals surface area contributed by atoms with Crippen molar-refractivity contribution >= 4 is 12.2 Å². The van der Waals surface area contributed by atoms with E-state index in [9.17, 15) is 4.79 Å². The molecule has 5 N–H and O–H groups in total. The van der Waals surface area contributed by atoms with Crippen molar-refractivity contribution in [3.63, 3.8) is 0 Å². The molecule has 0 spiro atoms. The van der Waals surface area contributed by atoms with E-state index < -0.39 is 0 Å². The lowest BCUT2D eigenvalue weighted by Gasteiger charge is -2.07. The monoisotopic (exact) mass is 185 g/mol. The van der Waals surface area contributed by atoms with Crippen molar-refractivity contribution in [2.75, 3.05) is 13.6 Å². The molecule has 0 heterocycles. The Labute approximate surface area is 78.6 Å². The fourth-order valence-electron chi connectivity index (χ4n) is 0.959. The van der Waals surface area contributed by atoms with Gasteiger partial charge in [-0.15, -0.1) is 0 Å². The summed E-state index contributed by atoms with van der Waals surface area (Å²) in [4.78, 5) is 10.3. The lowest BCUT2D eigenvalue weighted by atomic mass is 10.1. The standard InChI is InChI=1S/C8H17N4O/c1-11-7(6-13)4-2-3-5-12-8(9)10/h7,11H,2-5H2,1H3,(H4,9,10,12)/t7-/m0/s1. The van der Waals surface area contributed by atoms with E-state index in [1.54, 1.807) is 7.05 Å². The van der Waals surface area contributed by atoms with Gasteiger partial charge in [0.15, 0.2) is 5.96 Å². The van der Waals surface area contributed by atoms with Crippen LogP contribution in [-0.4, -0.2) is 31.9 Å². The highest BCUT2D eigenvalue weighted by molar-refractivity contribution is 5.74. The van der Waals surface area contributed by atoms with Gasteiger partial charge in [0.2, 0.25) is 6.29 Å². The Balaban J connectivity index is 3.24. The predicted molar refractivity (Wildman–Crippen MR) is 52.3 cm³/mol. The van der Waals surface area contributed by atoms with Crippen molar-refractivity contribution in [2.24, 2.45) is 5.73 Å². The van der Waals surface area contributed by atoms with Gasteiger partial charge in [0.05, 0.1) is 6.04 Å². The Morgan fingerprint density at radius 3 is 2.77 bits per heavy atom. The number of likely N-dealkylation sites (N-methyl/N-ethyl adjacent to an activating group) is 1. The van der Waals surface area contributed by atoms with Crippen LogP contribution >= 0.6 is 0 Å². The molecule has 0 saturated carbocycles. The number of carbonyl (C=O) groups excluding carboxylic acids is 1. The molecule has 0 aromatic heterocycles. The molecule has 0 aliphatic rings. The summed E-state index contributed by atoms with van der Waals surface area (Å²) in [5.41, 5.74) is 5.08. The van der Waals surface area contributed by atoms with E-state index in [1.807, 2.05) is 6.29 Å². The SMILES string of the molecule is CN[C@H]([C]=O)CCCCNC(=N)N. The van der Waals surface area contributed by atoms with Crippen LogP contribution in [0.25, 0.3) is 0 Å². The second kappa shape index (κ2) is 7.54. The summed E-state index contributed by atoms with van der Waals surface area (Å²) in [6.07, 6.45) is 4.50. The van der Waals surface area contributed by atoms with Gasteiger partial charge in [0.25, 0.3) is 0 Å². The van der Waals surface area contributed by atoms with Gasteiger partial charge in [0.1, 0.15) is 0 Å². The number of hydrogen-bond acceptors (Lipinski definition) is 3. The summed E-state index contributed by atoms with van der Waals surface area (Å²) >= 11 is 0. The van der Waals surface area contributed by atoms with Crippen molar-refractivity contribution in [2.45, 2.75) is 25.3 Å². The molecule has 1 radical (unpaired) electrons. The van der Waals surface area contributed by atoms with Gasteiger partial charge < -0.3 is 16.4 Å². The first-order valence-corrected chi connectivity index (χ1v) is 4.33. The Hall–Kier alpha value is -1.10. The van der Waals surface area contributed by atoms with Crippen LogP contribution in [0.1, 0.15) is 19.3 Å². The van der Waals surface area contributed by atoms with Crippen LogP contribution in [0.3, 0.4) is 0 Å². The molecule has 0 aromatic carbocycles. The van der Waals surface area contributed by atoms with E-state index in [2.05, 4.69) is 10.6 Å². The third kappa shape index (κ3) is 7.27. The maximum Gasteiger partial charge on any atom is 0.216 e. The van der Waals surface area contributed by atoms with Crippen molar-refractivity contribution in [1.29, 1.82) is 5.41 Å². The zero-order valence-electron chi connectivity index (χ0n) is 7.89. The molecule has 5 heteroatoms. The number of nitrogens with two attached hydrogens (primary N) is 1. The Bertz CT molecular complexity index is 160. The van der Waals surface area contributed by atoms with Gasteiger partial charge in [-0.05, 0) is 26.3 Å². The predicted octanol–water partition coefficient (Wildman–Crippen LogP) is -0.663. The molecule has 0 aromatic rings. The van der Waals surface area contributed by atoms with Crippen LogP contribution in [0.4, 0.5) is 0 Å². The maximum absolute atomic E-state index is 10.3. The molecule has 0 aliphatic carbocycles. The molecule has 0 fully saturated rings. The van der Waals surface area contributed by atoms with E-state index in [1.165, 1.54) is 0 Å². The lowest BCUT2D eigenvalue weighted by molar-refractivity contribution is 0.506. The summed E-state index contributed by atoms with van der Waals surface area (Å²) in [5, 5.41) is 12.4. The number of nitrogens with one attached hydrogen (secondary N) is 3. The van der Waals surface area contributed by atoms with Crippen molar-refractivity contribution in [3.05, 3.63) is 0 Å². The van der Waals surface area contributed by atoms with Crippen molar-refractivity contribution < 1.29 is 4.79 Å². The maximum atomic E-state index is 10.3. The minimum absolute atomic E-state index is 0.00730. The quantitative estimate of drug-likeness (QED) is 0.241. The second-order valence-electron chi connectivity index (χ2n) is 2.80. The topological polar surface area (TPSA) is 91.0 Å². The lowest BCUT2D eigenvalue weighted by Crippen LogP contribution is -2.31. The normalized spacial score (nSPS) is 12.1. The largest absolute Gasteiger partial charge is 0.370 e. The number of unbranched alkanes of at least 4 members (excludes halogenated alkanes) is 1. The molecule has 0 rings (SSSR count). The second-order valence-corrected chi connectivity index (χ2v) is 2.80. The average Bonchev–Trinajstić information content (AvgIpc) is 2.11. The van der Waals surface area contributed by atoms with Gasteiger partial charge in [0, 0.05) is 6.54 Å². The molecule has 0 aliphatic heterocycles. The Morgan fingerprint density at radius 2 is 2.31 bits per heavy atom. The number of rotatable bonds is 7. The minimum Gasteiger partial charge on any atom is -0.370 e. The van der Waals surface area contributed by atoms with Gasteiger partial charge in [-0.3, -0.25) is 10.2 Å².